The summed E-state index contributed by atoms with van der Waals surface area (Å²) in [5, 5.41) is 11.6. The summed E-state index contributed by atoms with van der Waals surface area (Å²) in [4.78, 5) is 19.0. The normalized spacial score (nSPS) is 15.5. The summed E-state index contributed by atoms with van der Waals surface area (Å²) >= 11 is 1.71. The number of hydrogen-bond donors (Lipinski definition) is 1. The summed E-state index contributed by atoms with van der Waals surface area (Å²) in [7, 11) is 3.55. The zero-order valence-corrected chi connectivity index (χ0v) is 19.0. The molecule has 0 saturated carbocycles. The van der Waals surface area contributed by atoms with Gasteiger partial charge in [0.15, 0.2) is 5.69 Å². The van der Waals surface area contributed by atoms with Crippen molar-refractivity contribution in [1.82, 2.24) is 25.0 Å². The number of allylic oxidation sites excluding steroid dienone is 1. The molecule has 3 aromatic rings. The number of nitrogens with zero attached hydrogens (tertiary/aromatic N) is 4. The van der Waals surface area contributed by atoms with Crippen LogP contribution in [0.3, 0.4) is 0 Å². The molecule has 2 aromatic heterocycles. The molecule has 1 aliphatic carbocycles. The second-order valence-corrected chi connectivity index (χ2v) is 9.02. The molecule has 1 aromatic carbocycles. The van der Waals surface area contributed by atoms with E-state index in [9.17, 15) is 4.79 Å². The van der Waals surface area contributed by atoms with Gasteiger partial charge in [-0.05, 0) is 19.3 Å². The van der Waals surface area contributed by atoms with Crippen molar-refractivity contribution in [2.45, 2.75) is 38.3 Å². The molecule has 4 rings (SSSR count). The van der Waals surface area contributed by atoms with Crippen molar-refractivity contribution >= 4 is 17.2 Å². The third-order valence-corrected chi connectivity index (χ3v) is 6.56. The number of benzene rings is 1. The Labute approximate surface area is 187 Å². The maximum atomic E-state index is 12.7. The number of aromatic nitrogens is 3. The lowest BCUT2D eigenvalue weighted by Gasteiger charge is -2.24. The average Bonchev–Trinajstić information content (AvgIpc) is 3.39. The zero-order valence-electron chi connectivity index (χ0n) is 18.2. The van der Waals surface area contributed by atoms with Gasteiger partial charge in [-0.15, -0.1) is 17.9 Å². The second kappa shape index (κ2) is 9.58. The van der Waals surface area contributed by atoms with E-state index in [0.717, 1.165) is 54.1 Å². The van der Waals surface area contributed by atoms with Crippen LogP contribution in [0.1, 0.15) is 33.2 Å². The van der Waals surface area contributed by atoms with E-state index in [1.807, 2.05) is 29.0 Å². The van der Waals surface area contributed by atoms with Gasteiger partial charge in [0.05, 0.1) is 17.2 Å². The molecule has 0 radical (unpaired) electrons. The number of nitrogens with one attached hydrogen (secondary N) is 1. The molecule has 1 N–H and O–H groups in total. The summed E-state index contributed by atoms with van der Waals surface area (Å²) in [5.74, 6) is -0.0315. The van der Waals surface area contributed by atoms with Gasteiger partial charge in [-0.1, -0.05) is 36.4 Å². The van der Waals surface area contributed by atoms with Gasteiger partial charge >= 0.3 is 0 Å². The fourth-order valence-corrected chi connectivity index (χ4v) is 4.88. The van der Waals surface area contributed by atoms with E-state index in [1.54, 1.807) is 30.3 Å². The third kappa shape index (κ3) is 4.78. The van der Waals surface area contributed by atoms with Crippen LogP contribution in [0.25, 0.3) is 11.3 Å². The summed E-state index contributed by atoms with van der Waals surface area (Å²) in [6.07, 6.45) is 5.52. The maximum absolute atomic E-state index is 12.7. The molecular weight excluding hydrogens is 406 g/mol. The minimum absolute atomic E-state index is 0.0315. The lowest BCUT2D eigenvalue weighted by atomic mass is 9.91. The molecule has 0 aliphatic heterocycles. The maximum Gasteiger partial charge on any atom is 0.274 e. The van der Waals surface area contributed by atoms with Crippen LogP contribution in [0.5, 0.6) is 0 Å². The van der Waals surface area contributed by atoms with Gasteiger partial charge < -0.3 is 10.2 Å². The summed E-state index contributed by atoms with van der Waals surface area (Å²) in [6, 6.07) is 10.6. The van der Waals surface area contributed by atoms with Crippen LogP contribution in [-0.4, -0.2) is 52.3 Å². The number of rotatable bonds is 8. The highest BCUT2D eigenvalue weighted by Crippen LogP contribution is 2.26. The number of fused-ring (bicyclic) bond motifs is 1. The summed E-state index contributed by atoms with van der Waals surface area (Å²) in [6.45, 7) is 5.33. The average molecular weight is 436 g/mol. The second-order valence-electron chi connectivity index (χ2n) is 8.08. The van der Waals surface area contributed by atoms with Gasteiger partial charge in [0.2, 0.25) is 0 Å². The highest BCUT2D eigenvalue weighted by molar-refractivity contribution is 7.09. The van der Waals surface area contributed by atoms with Crippen LogP contribution in [0, 0.1) is 0 Å². The third-order valence-electron chi connectivity index (χ3n) is 5.65. The number of amides is 1. The SMILES string of the molecule is C=CCn1nc(C(=O)N(C)C)c2c1CCC(NCCc1nc(-c3ccccc3)cs1)C2. The lowest BCUT2D eigenvalue weighted by Crippen LogP contribution is -2.36. The molecule has 6 nitrogen and oxygen atoms in total. The van der Waals surface area contributed by atoms with Crippen LogP contribution >= 0.6 is 11.3 Å². The van der Waals surface area contributed by atoms with Gasteiger partial charge in [0, 0.05) is 55.3 Å². The lowest BCUT2D eigenvalue weighted by molar-refractivity contribution is 0.0820. The number of carbonyl (C=O) groups is 1. The molecule has 1 atom stereocenters. The van der Waals surface area contributed by atoms with Gasteiger partial charge in [0.25, 0.3) is 5.91 Å². The number of carbonyl (C=O) groups excluding carboxylic acids is 1. The van der Waals surface area contributed by atoms with E-state index < -0.39 is 0 Å². The smallest absolute Gasteiger partial charge is 0.274 e. The van der Waals surface area contributed by atoms with Gasteiger partial charge in [-0.2, -0.15) is 5.10 Å². The van der Waals surface area contributed by atoms with E-state index in [4.69, 9.17) is 4.98 Å². The first-order valence-electron chi connectivity index (χ1n) is 10.7. The quantitative estimate of drug-likeness (QED) is 0.550. The molecule has 0 spiro atoms. The van der Waals surface area contributed by atoms with E-state index in [2.05, 4.69) is 34.5 Å². The van der Waals surface area contributed by atoms with Crippen molar-refractivity contribution in [3.8, 4) is 11.3 Å². The van der Waals surface area contributed by atoms with E-state index >= 15 is 0 Å². The standard InChI is InChI=1S/C24H29N5OS/c1-4-14-29-21-11-10-18(15-19(21)23(27-29)24(30)28(2)3)25-13-12-22-26-20(16-31-22)17-8-6-5-7-9-17/h4-9,16,18,25H,1,10-15H2,2-3H3. The van der Waals surface area contributed by atoms with Crippen LogP contribution in [0.2, 0.25) is 0 Å². The fourth-order valence-electron chi connectivity index (χ4n) is 4.07. The topological polar surface area (TPSA) is 63.1 Å². The minimum Gasteiger partial charge on any atom is -0.343 e. The van der Waals surface area contributed by atoms with Gasteiger partial charge in [-0.25, -0.2) is 4.98 Å². The molecule has 7 heteroatoms. The van der Waals surface area contributed by atoms with Crippen molar-refractivity contribution in [3.63, 3.8) is 0 Å². The molecular formula is C24H29N5OS. The fraction of sp³-hybridized carbons (Fsp3) is 0.375. The Hall–Kier alpha value is -2.77. The van der Waals surface area contributed by atoms with E-state index in [1.165, 1.54) is 5.69 Å². The molecule has 0 saturated heterocycles. The molecule has 1 aliphatic rings. The van der Waals surface area contributed by atoms with Crippen molar-refractivity contribution < 1.29 is 4.79 Å². The minimum atomic E-state index is -0.0315. The summed E-state index contributed by atoms with van der Waals surface area (Å²) < 4.78 is 1.94. The van der Waals surface area contributed by atoms with Crippen molar-refractivity contribution in [2.24, 2.45) is 0 Å². The largest absolute Gasteiger partial charge is 0.343 e. The van der Waals surface area contributed by atoms with Crippen LogP contribution in [-0.2, 0) is 25.8 Å². The molecule has 1 amide bonds. The van der Waals surface area contributed by atoms with E-state index in [0.29, 0.717) is 18.3 Å². The number of thiazole rings is 1. The molecule has 2 heterocycles. The Bertz CT molecular complexity index is 1050. The van der Waals surface area contributed by atoms with Crippen LogP contribution < -0.4 is 5.32 Å². The Kier molecular flexibility index (Phi) is 6.63. The van der Waals surface area contributed by atoms with Crippen molar-refractivity contribution in [1.29, 1.82) is 0 Å². The Morgan fingerprint density at radius 2 is 2.16 bits per heavy atom. The molecule has 1 unspecified atom stereocenters. The van der Waals surface area contributed by atoms with Gasteiger partial charge in [-0.3, -0.25) is 9.48 Å². The predicted octanol–water partition coefficient (Wildman–Crippen LogP) is 3.58. The zero-order chi connectivity index (χ0) is 21.8. The first-order chi connectivity index (χ1) is 15.1. The molecule has 162 valence electrons. The first kappa shape index (κ1) is 21.5. The summed E-state index contributed by atoms with van der Waals surface area (Å²) in [5.41, 5.74) is 5.05. The highest BCUT2D eigenvalue weighted by Gasteiger charge is 2.29. The Morgan fingerprint density at radius 3 is 2.90 bits per heavy atom. The van der Waals surface area contributed by atoms with Crippen molar-refractivity contribution in [2.75, 3.05) is 20.6 Å². The van der Waals surface area contributed by atoms with Crippen LogP contribution in [0.15, 0.2) is 48.4 Å². The van der Waals surface area contributed by atoms with Crippen LogP contribution in [0.4, 0.5) is 0 Å². The van der Waals surface area contributed by atoms with E-state index in [-0.39, 0.29) is 5.91 Å². The molecule has 0 fully saturated rings. The van der Waals surface area contributed by atoms with Crippen molar-refractivity contribution in [3.05, 3.63) is 70.3 Å². The monoisotopic (exact) mass is 435 g/mol. The van der Waals surface area contributed by atoms with Gasteiger partial charge in [0.1, 0.15) is 0 Å². The Morgan fingerprint density at radius 1 is 1.35 bits per heavy atom. The Balaban J connectivity index is 1.39. The predicted molar refractivity (Wildman–Crippen MR) is 126 cm³/mol. The first-order valence-corrected chi connectivity index (χ1v) is 11.6. The number of hydrogen-bond acceptors (Lipinski definition) is 5. The highest BCUT2D eigenvalue weighted by atomic mass is 32.1. The molecule has 0 bridgehead atoms. The molecule has 31 heavy (non-hydrogen) atoms.